The largest absolute Gasteiger partial charge is 0.481 e. The molecule has 4 aliphatic rings. The number of aliphatic hydroxyl groups is 1. The van der Waals surface area contributed by atoms with Crippen LogP contribution in [0.1, 0.15) is 42.3 Å². The van der Waals surface area contributed by atoms with Gasteiger partial charge in [-0.25, -0.2) is 22.9 Å². The molecule has 2 saturated heterocycles. The number of thiazole rings is 1. The van der Waals surface area contributed by atoms with Gasteiger partial charge in [-0.05, 0) is 25.0 Å². The third kappa shape index (κ3) is 4.13. The maximum atomic E-state index is 15.9. The van der Waals surface area contributed by atoms with Crippen molar-refractivity contribution in [2.45, 2.75) is 60.7 Å². The van der Waals surface area contributed by atoms with E-state index >= 15 is 8.78 Å². The van der Waals surface area contributed by atoms with Gasteiger partial charge < -0.3 is 20.3 Å². The minimum absolute atomic E-state index is 0.0107. The number of halogens is 4. The maximum absolute atomic E-state index is 15.9. The lowest BCUT2D eigenvalue weighted by Gasteiger charge is -2.46. The van der Waals surface area contributed by atoms with Crippen molar-refractivity contribution in [3.63, 3.8) is 0 Å². The third-order valence-corrected chi connectivity index (χ3v) is 9.44. The predicted molar refractivity (Wildman–Crippen MR) is 138 cm³/mol. The van der Waals surface area contributed by atoms with Gasteiger partial charge in [0.25, 0.3) is 0 Å². The fourth-order valence-corrected chi connectivity index (χ4v) is 7.38. The lowest BCUT2D eigenvalue weighted by molar-refractivity contribution is -0.148. The highest BCUT2D eigenvalue weighted by Gasteiger charge is 2.86. The second-order valence-electron chi connectivity index (χ2n) is 10.7. The fraction of sp³-hybridized carbons (Fsp3) is 0.462. The minimum atomic E-state index is -2.26. The molecule has 1 saturated carbocycles. The first-order valence-corrected chi connectivity index (χ1v) is 13.7. The Balaban J connectivity index is 1.43. The first-order chi connectivity index (χ1) is 18.9. The molecule has 6 rings (SSSR count). The van der Waals surface area contributed by atoms with E-state index in [9.17, 15) is 24.2 Å². The molecule has 40 heavy (non-hydrogen) atoms. The van der Waals surface area contributed by atoms with Crippen molar-refractivity contribution in [1.82, 2.24) is 15.2 Å². The lowest BCUT2D eigenvalue weighted by atomic mass is 9.80. The molecule has 9 nitrogen and oxygen atoms in total. The van der Waals surface area contributed by atoms with Crippen molar-refractivity contribution in [3.8, 4) is 0 Å². The molecular weight excluding hydrogens is 573 g/mol. The van der Waals surface area contributed by atoms with E-state index in [1.807, 2.05) is 0 Å². The first-order valence-electron chi connectivity index (χ1n) is 12.5. The van der Waals surface area contributed by atoms with Crippen molar-refractivity contribution >= 4 is 40.7 Å². The van der Waals surface area contributed by atoms with Gasteiger partial charge in [-0.1, -0.05) is 17.7 Å². The number of amidine groups is 1. The van der Waals surface area contributed by atoms with Crippen LogP contribution in [0.3, 0.4) is 0 Å². The number of fused-ring (bicyclic) bond motifs is 5. The summed E-state index contributed by atoms with van der Waals surface area (Å²) in [7, 11) is 1.18. The van der Waals surface area contributed by atoms with Gasteiger partial charge in [-0.2, -0.15) is 0 Å². The molecule has 1 aromatic carbocycles. The van der Waals surface area contributed by atoms with Gasteiger partial charge in [0.15, 0.2) is 22.2 Å². The topological polar surface area (TPSA) is 124 Å². The number of methoxy groups -OCH3 is 1. The van der Waals surface area contributed by atoms with Crippen molar-refractivity contribution in [1.29, 1.82) is 0 Å². The Hall–Kier alpha value is -3.00. The monoisotopic (exact) mass is 596 g/mol. The Labute approximate surface area is 235 Å². The average Bonchev–Trinajstić information content (AvgIpc) is 3.18. The molecule has 0 amide bonds. The summed E-state index contributed by atoms with van der Waals surface area (Å²) in [5.74, 6) is -2.37. The van der Waals surface area contributed by atoms with Crippen molar-refractivity contribution in [2.24, 2.45) is 4.99 Å². The van der Waals surface area contributed by atoms with Crippen LogP contribution in [0.25, 0.3) is 0 Å². The van der Waals surface area contributed by atoms with Crippen LogP contribution in [0.5, 0.6) is 0 Å². The third-order valence-electron chi connectivity index (χ3n) is 8.33. The van der Waals surface area contributed by atoms with Crippen LogP contribution in [0.2, 0.25) is 5.02 Å². The van der Waals surface area contributed by atoms with Crippen molar-refractivity contribution < 1.29 is 37.7 Å². The zero-order valence-corrected chi connectivity index (χ0v) is 22.6. The number of ether oxygens (including phenoxy) is 1. The Kier molecular flexibility index (Phi) is 6.29. The molecular formula is C26H24ClF3N4O5S. The molecule has 14 heteroatoms. The summed E-state index contributed by atoms with van der Waals surface area (Å²) in [4.78, 5) is 35.1. The number of carbonyl (C=O) groups excluding carboxylic acids is 1. The molecule has 3 fully saturated rings. The quantitative estimate of drug-likeness (QED) is 0.416. The summed E-state index contributed by atoms with van der Waals surface area (Å²) < 4.78 is 50.7. The molecule has 5 atom stereocenters. The number of benzene rings is 1. The fourth-order valence-electron chi connectivity index (χ4n) is 6.52. The number of alkyl halides is 2. The molecule has 1 aliphatic carbocycles. The van der Waals surface area contributed by atoms with Gasteiger partial charge in [-0.3, -0.25) is 14.7 Å². The summed E-state index contributed by atoms with van der Waals surface area (Å²) in [6, 6.07) is 0.337. The number of aromatic nitrogens is 1. The van der Waals surface area contributed by atoms with E-state index in [-0.39, 0.29) is 47.9 Å². The number of carbonyl (C=O) groups is 2. The number of aliphatic carboxylic acids is 1. The van der Waals surface area contributed by atoms with Gasteiger partial charge >= 0.3 is 11.9 Å². The van der Waals surface area contributed by atoms with Crippen LogP contribution < -0.4 is 5.32 Å². The summed E-state index contributed by atoms with van der Waals surface area (Å²) >= 11 is 7.64. The van der Waals surface area contributed by atoms with Crippen LogP contribution in [-0.4, -0.2) is 80.5 Å². The lowest BCUT2D eigenvalue weighted by Crippen LogP contribution is -2.57. The summed E-state index contributed by atoms with van der Waals surface area (Å²) in [5, 5.41) is 25.6. The van der Waals surface area contributed by atoms with Crippen LogP contribution >= 0.6 is 22.9 Å². The Bertz CT molecular complexity index is 1450. The highest BCUT2D eigenvalue weighted by atomic mass is 35.5. The standard InChI is InChI=1S/C26H24ClF3N4O5S/c1-39-23(37)19-15(10-34-16-7-24(38,9-18(35)36)8-17(34)26(30)11-25(16,26)29)32-21(22-31-4-5-40-22)33-20(19)13-3-2-12(28)6-14(13)27/h2-6,16-17,20,38H,7-11H2,1H3,(H,32,33)(H,35,36)/t16?,17?,20-,24?,25?,26?/m0/s1. The molecule has 0 spiro atoms. The SMILES string of the molecule is COC(=O)C1=C(CN2C3CC(O)(CC(=O)O)CC2C2(F)CC32F)NC(c2nccs2)=N[C@H]1c1ccc(F)cc1Cl. The van der Waals surface area contributed by atoms with E-state index in [1.165, 1.54) is 30.6 Å². The highest BCUT2D eigenvalue weighted by Crippen LogP contribution is 2.70. The highest BCUT2D eigenvalue weighted by molar-refractivity contribution is 7.11. The zero-order valence-electron chi connectivity index (χ0n) is 21.0. The van der Waals surface area contributed by atoms with Crippen LogP contribution in [0.15, 0.2) is 46.0 Å². The zero-order chi connectivity index (χ0) is 28.6. The van der Waals surface area contributed by atoms with Crippen LogP contribution in [-0.2, 0) is 14.3 Å². The van der Waals surface area contributed by atoms with Gasteiger partial charge in [0.1, 0.15) is 11.9 Å². The van der Waals surface area contributed by atoms with E-state index in [0.717, 1.165) is 6.07 Å². The number of nitrogens with zero attached hydrogens (tertiary/aromatic N) is 3. The predicted octanol–water partition coefficient (Wildman–Crippen LogP) is 3.33. The summed E-state index contributed by atoms with van der Waals surface area (Å²) in [6.07, 6.45) is -0.00507. The molecule has 2 bridgehead atoms. The molecule has 0 radical (unpaired) electrons. The molecule has 4 heterocycles. The first kappa shape index (κ1) is 27.2. The van der Waals surface area contributed by atoms with Gasteiger partial charge in [-0.15, -0.1) is 11.3 Å². The van der Waals surface area contributed by atoms with Crippen LogP contribution in [0, 0.1) is 5.82 Å². The number of hydrogen-bond acceptors (Lipinski definition) is 9. The Morgan fingerprint density at radius 3 is 2.55 bits per heavy atom. The van der Waals surface area contributed by atoms with E-state index < -0.39 is 59.2 Å². The van der Waals surface area contributed by atoms with Crippen LogP contribution in [0.4, 0.5) is 13.2 Å². The maximum Gasteiger partial charge on any atom is 0.338 e. The van der Waals surface area contributed by atoms with Crippen molar-refractivity contribution in [2.75, 3.05) is 13.7 Å². The average molecular weight is 597 g/mol. The van der Waals surface area contributed by atoms with E-state index in [4.69, 9.17) is 16.3 Å². The van der Waals surface area contributed by atoms with Gasteiger partial charge in [0.2, 0.25) is 0 Å². The Morgan fingerprint density at radius 2 is 1.98 bits per heavy atom. The Morgan fingerprint density at radius 1 is 1.27 bits per heavy atom. The van der Waals surface area contributed by atoms with Gasteiger partial charge in [0.05, 0.1) is 36.8 Å². The van der Waals surface area contributed by atoms with Gasteiger partial charge in [0, 0.05) is 40.8 Å². The summed E-state index contributed by atoms with van der Waals surface area (Å²) in [5.41, 5.74) is -5.75. The second kappa shape index (κ2) is 9.26. The van der Waals surface area contributed by atoms with E-state index in [1.54, 1.807) is 16.5 Å². The molecule has 212 valence electrons. The number of rotatable bonds is 7. The van der Waals surface area contributed by atoms with Crippen molar-refractivity contribution in [3.05, 3.63) is 62.5 Å². The molecule has 1 aromatic heterocycles. The number of carboxylic acid groups (broad SMARTS) is 1. The number of aliphatic imine (C=N–C) groups is 1. The minimum Gasteiger partial charge on any atom is -0.481 e. The number of esters is 1. The normalized spacial score (nSPS) is 34.6. The second-order valence-corrected chi connectivity index (χ2v) is 12.0. The number of carboxylic acids is 1. The molecule has 3 aliphatic heterocycles. The smallest absolute Gasteiger partial charge is 0.338 e. The number of hydrogen-bond donors (Lipinski definition) is 3. The number of nitrogens with one attached hydrogen (secondary N) is 1. The molecule has 3 N–H and O–H groups in total. The summed E-state index contributed by atoms with van der Waals surface area (Å²) in [6.45, 7) is -0.167. The number of piperidine rings is 2. The molecule has 2 aromatic rings. The van der Waals surface area contributed by atoms with E-state index in [0.29, 0.717) is 10.6 Å². The van der Waals surface area contributed by atoms with E-state index in [2.05, 4.69) is 15.3 Å². The molecule has 4 unspecified atom stereocenters.